The summed E-state index contributed by atoms with van der Waals surface area (Å²) < 4.78 is 10.2. The molecule has 0 bridgehead atoms. The van der Waals surface area contributed by atoms with E-state index in [-0.39, 0.29) is 5.57 Å². The molecule has 0 radical (unpaired) electrons. The van der Waals surface area contributed by atoms with E-state index in [4.69, 9.17) is 9.47 Å². The van der Waals surface area contributed by atoms with Crippen molar-refractivity contribution >= 4 is 29.6 Å². The van der Waals surface area contributed by atoms with Crippen LogP contribution in [0.25, 0.3) is 6.08 Å². The highest BCUT2D eigenvalue weighted by molar-refractivity contribution is 6.39. The van der Waals surface area contributed by atoms with Gasteiger partial charge in [0.25, 0.3) is 11.8 Å². The van der Waals surface area contributed by atoms with Gasteiger partial charge in [-0.1, -0.05) is 18.2 Å². The summed E-state index contributed by atoms with van der Waals surface area (Å²) in [7, 11) is 3.03. The van der Waals surface area contributed by atoms with Crippen LogP contribution in [0.2, 0.25) is 0 Å². The van der Waals surface area contributed by atoms with Crippen molar-refractivity contribution in [2.45, 2.75) is 0 Å². The van der Waals surface area contributed by atoms with E-state index in [9.17, 15) is 14.4 Å². The molecule has 0 spiro atoms. The Morgan fingerprint density at radius 1 is 0.923 bits per heavy atom. The molecule has 1 aliphatic rings. The third kappa shape index (κ3) is 3.27. The normalized spacial score (nSPS) is 15.8. The second-order valence-electron chi connectivity index (χ2n) is 5.43. The maximum absolute atomic E-state index is 12.8. The quantitative estimate of drug-likeness (QED) is 0.674. The van der Waals surface area contributed by atoms with Crippen LogP contribution in [0.15, 0.2) is 54.1 Å². The SMILES string of the molecule is COc1ccc(C=C2C(=O)NC(=O)N(c3cccc(OC)c3)C2=O)cc1. The van der Waals surface area contributed by atoms with Gasteiger partial charge in [-0.2, -0.15) is 0 Å². The maximum Gasteiger partial charge on any atom is 0.335 e. The number of ether oxygens (including phenoxy) is 2. The summed E-state index contributed by atoms with van der Waals surface area (Å²) in [4.78, 5) is 38.0. The van der Waals surface area contributed by atoms with Crippen LogP contribution >= 0.6 is 0 Å². The van der Waals surface area contributed by atoms with E-state index in [0.29, 0.717) is 22.7 Å². The highest BCUT2D eigenvalue weighted by atomic mass is 16.5. The van der Waals surface area contributed by atoms with Gasteiger partial charge in [0, 0.05) is 6.07 Å². The number of hydrogen-bond donors (Lipinski definition) is 1. The molecule has 1 aliphatic heterocycles. The fourth-order valence-corrected chi connectivity index (χ4v) is 2.51. The predicted molar refractivity (Wildman–Crippen MR) is 95.0 cm³/mol. The first-order valence-corrected chi connectivity index (χ1v) is 7.73. The number of carbonyl (C=O) groups excluding carboxylic acids is 3. The number of nitrogens with zero attached hydrogens (tertiary/aromatic N) is 1. The first kappa shape index (κ1) is 17.2. The summed E-state index contributed by atoms with van der Waals surface area (Å²) in [6.45, 7) is 0. The lowest BCUT2D eigenvalue weighted by Gasteiger charge is -2.26. The molecule has 2 aromatic carbocycles. The van der Waals surface area contributed by atoms with Gasteiger partial charge in [-0.05, 0) is 35.9 Å². The van der Waals surface area contributed by atoms with Gasteiger partial charge in [-0.3, -0.25) is 14.9 Å². The fraction of sp³-hybridized carbons (Fsp3) is 0.105. The third-order valence-electron chi connectivity index (χ3n) is 3.84. The van der Waals surface area contributed by atoms with E-state index >= 15 is 0 Å². The number of methoxy groups -OCH3 is 2. The lowest BCUT2D eigenvalue weighted by molar-refractivity contribution is -0.122. The molecule has 26 heavy (non-hydrogen) atoms. The fourth-order valence-electron chi connectivity index (χ4n) is 2.51. The number of hydrogen-bond acceptors (Lipinski definition) is 5. The molecule has 0 aromatic heterocycles. The zero-order valence-corrected chi connectivity index (χ0v) is 14.2. The van der Waals surface area contributed by atoms with E-state index in [0.717, 1.165) is 4.90 Å². The molecule has 1 heterocycles. The number of barbiturate groups is 1. The number of amides is 4. The minimum atomic E-state index is -0.805. The lowest BCUT2D eigenvalue weighted by Crippen LogP contribution is -2.54. The average molecular weight is 352 g/mol. The molecule has 1 saturated heterocycles. The molecule has 2 aromatic rings. The predicted octanol–water partition coefficient (Wildman–Crippen LogP) is 2.37. The molecule has 132 valence electrons. The standard InChI is InChI=1S/C19H16N2O5/c1-25-14-8-6-12(7-9-14)10-16-17(22)20-19(24)21(18(16)23)13-4-3-5-15(11-13)26-2/h3-11H,1-2H3,(H,20,22,24). The third-order valence-corrected chi connectivity index (χ3v) is 3.84. The monoisotopic (exact) mass is 352 g/mol. The van der Waals surface area contributed by atoms with Crippen LogP contribution < -0.4 is 19.7 Å². The van der Waals surface area contributed by atoms with Gasteiger partial charge in [0.15, 0.2) is 0 Å². The van der Waals surface area contributed by atoms with E-state index in [2.05, 4.69) is 5.32 Å². The van der Waals surface area contributed by atoms with Gasteiger partial charge in [-0.15, -0.1) is 0 Å². The van der Waals surface area contributed by atoms with E-state index in [1.165, 1.54) is 19.3 Å². The van der Waals surface area contributed by atoms with Crippen LogP contribution in [0.5, 0.6) is 11.5 Å². The summed E-state index contributed by atoms with van der Waals surface area (Å²) >= 11 is 0. The van der Waals surface area contributed by atoms with Crippen molar-refractivity contribution in [3.05, 3.63) is 59.7 Å². The van der Waals surface area contributed by atoms with Crippen LogP contribution in [-0.4, -0.2) is 32.1 Å². The summed E-state index contributed by atoms with van der Waals surface area (Å²) in [5.74, 6) is -0.307. The van der Waals surface area contributed by atoms with Crippen LogP contribution in [0, 0.1) is 0 Å². The Hall–Kier alpha value is -3.61. The smallest absolute Gasteiger partial charge is 0.335 e. The van der Waals surface area contributed by atoms with Gasteiger partial charge < -0.3 is 9.47 Å². The van der Waals surface area contributed by atoms with Crippen molar-refractivity contribution in [1.82, 2.24) is 5.32 Å². The Kier molecular flexibility index (Phi) is 4.70. The van der Waals surface area contributed by atoms with Gasteiger partial charge >= 0.3 is 6.03 Å². The summed E-state index contributed by atoms with van der Waals surface area (Å²) in [6.07, 6.45) is 1.43. The zero-order valence-electron chi connectivity index (χ0n) is 14.2. The Bertz CT molecular complexity index is 902. The Labute approximate surface area is 149 Å². The molecule has 4 amide bonds. The Morgan fingerprint density at radius 3 is 2.27 bits per heavy atom. The number of carbonyl (C=O) groups is 3. The van der Waals surface area contributed by atoms with Gasteiger partial charge in [0.05, 0.1) is 19.9 Å². The molecule has 1 N–H and O–H groups in total. The second kappa shape index (κ2) is 7.10. The second-order valence-corrected chi connectivity index (χ2v) is 5.43. The minimum Gasteiger partial charge on any atom is -0.497 e. The summed E-state index contributed by atoms with van der Waals surface area (Å²) in [5.41, 5.74) is 0.793. The number of imide groups is 2. The molecule has 0 saturated carbocycles. The number of benzene rings is 2. The first-order chi connectivity index (χ1) is 12.5. The number of rotatable bonds is 4. The Morgan fingerprint density at radius 2 is 1.62 bits per heavy atom. The van der Waals surface area contributed by atoms with Gasteiger partial charge in [0.1, 0.15) is 17.1 Å². The number of anilines is 1. The van der Waals surface area contributed by atoms with Crippen LogP contribution in [0.4, 0.5) is 10.5 Å². The molecule has 7 heteroatoms. The Balaban J connectivity index is 1.98. The molecule has 0 aliphatic carbocycles. The highest BCUT2D eigenvalue weighted by Crippen LogP contribution is 2.25. The van der Waals surface area contributed by atoms with E-state index in [1.54, 1.807) is 49.6 Å². The molecule has 0 unspecified atom stereocenters. The zero-order chi connectivity index (χ0) is 18.7. The van der Waals surface area contributed by atoms with Gasteiger partial charge in [0.2, 0.25) is 0 Å². The molecule has 7 nitrogen and oxygen atoms in total. The summed E-state index contributed by atoms with van der Waals surface area (Å²) in [5, 5.41) is 2.18. The largest absolute Gasteiger partial charge is 0.497 e. The van der Waals surface area contributed by atoms with Crippen molar-refractivity contribution in [2.24, 2.45) is 0 Å². The average Bonchev–Trinajstić information content (AvgIpc) is 2.65. The van der Waals surface area contributed by atoms with Crippen molar-refractivity contribution < 1.29 is 23.9 Å². The number of urea groups is 1. The first-order valence-electron chi connectivity index (χ1n) is 7.73. The van der Waals surface area contributed by atoms with Crippen LogP contribution in [-0.2, 0) is 9.59 Å². The highest BCUT2D eigenvalue weighted by Gasteiger charge is 2.36. The molecule has 0 atom stereocenters. The van der Waals surface area contributed by atoms with E-state index in [1.807, 2.05) is 0 Å². The molecular weight excluding hydrogens is 336 g/mol. The van der Waals surface area contributed by atoms with Crippen molar-refractivity contribution in [3.8, 4) is 11.5 Å². The summed E-state index contributed by atoms with van der Waals surface area (Å²) in [6, 6.07) is 12.5. The molecular formula is C19H16N2O5. The number of nitrogens with one attached hydrogen (secondary N) is 1. The molecule has 3 rings (SSSR count). The minimum absolute atomic E-state index is 0.141. The van der Waals surface area contributed by atoms with E-state index < -0.39 is 17.8 Å². The lowest BCUT2D eigenvalue weighted by atomic mass is 10.1. The molecule has 1 fully saturated rings. The van der Waals surface area contributed by atoms with Crippen LogP contribution in [0.1, 0.15) is 5.56 Å². The topological polar surface area (TPSA) is 84.9 Å². The maximum atomic E-state index is 12.8. The van der Waals surface area contributed by atoms with Crippen molar-refractivity contribution in [1.29, 1.82) is 0 Å². The van der Waals surface area contributed by atoms with Crippen LogP contribution in [0.3, 0.4) is 0 Å². The van der Waals surface area contributed by atoms with Crippen molar-refractivity contribution in [3.63, 3.8) is 0 Å². The van der Waals surface area contributed by atoms with Gasteiger partial charge in [-0.25, -0.2) is 9.69 Å². The van der Waals surface area contributed by atoms with Crippen molar-refractivity contribution in [2.75, 3.05) is 19.1 Å².